The van der Waals surface area contributed by atoms with Gasteiger partial charge in [0.05, 0.1) is 12.5 Å². The number of carbonyl (C=O) groups excluding carboxylic acids is 1. The first kappa shape index (κ1) is 12.2. The van der Waals surface area contributed by atoms with Crippen LogP contribution >= 0.6 is 0 Å². The molecule has 2 atom stereocenters. The van der Waals surface area contributed by atoms with E-state index in [0.717, 1.165) is 6.42 Å². The van der Waals surface area contributed by atoms with E-state index >= 15 is 0 Å². The van der Waals surface area contributed by atoms with Crippen LogP contribution in [-0.2, 0) is 19.0 Å². The molecule has 0 N–H and O–H groups in total. The quantitative estimate of drug-likeness (QED) is 0.582. The molecular weight excluding hydrogens is 244 g/mol. The molecule has 0 aromatic heterocycles. The van der Waals surface area contributed by atoms with Gasteiger partial charge in [-0.25, -0.2) is 0 Å². The van der Waals surface area contributed by atoms with Gasteiger partial charge in [-0.05, 0) is 24.7 Å². The maximum Gasteiger partial charge on any atom is 0.309 e. The predicted molar refractivity (Wildman–Crippen MR) is 67.1 cm³/mol. The third kappa shape index (κ3) is 1.83. The Morgan fingerprint density at radius 1 is 1.16 bits per heavy atom. The monoisotopic (exact) mass is 266 g/mol. The average molecular weight is 266 g/mol. The predicted octanol–water partition coefficient (Wildman–Crippen LogP) is 2.61. The molecule has 4 aliphatic rings. The maximum absolute atomic E-state index is 12.2. The summed E-state index contributed by atoms with van der Waals surface area (Å²) < 4.78 is 16.7. The first-order valence-electron chi connectivity index (χ1n) is 7.71. The lowest BCUT2D eigenvalue weighted by Gasteiger charge is -2.25. The molecular formula is C15H22O4. The summed E-state index contributed by atoms with van der Waals surface area (Å²) in [6.07, 6.45) is 7.88. The van der Waals surface area contributed by atoms with Crippen molar-refractivity contribution in [3.63, 3.8) is 0 Å². The minimum absolute atomic E-state index is 0.0351. The molecule has 0 bridgehead atoms. The van der Waals surface area contributed by atoms with Crippen LogP contribution in [0.1, 0.15) is 51.9 Å². The molecule has 4 fully saturated rings. The summed E-state index contributed by atoms with van der Waals surface area (Å²) in [4.78, 5) is 12.2. The highest BCUT2D eigenvalue weighted by molar-refractivity contribution is 5.73. The van der Waals surface area contributed by atoms with Crippen molar-refractivity contribution in [2.24, 2.45) is 17.8 Å². The Kier molecular flexibility index (Phi) is 2.53. The van der Waals surface area contributed by atoms with Crippen molar-refractivity contribution >= 4 is 5.97 Å². The smallest absolute Gasteiger partial charge is 0.309 e. The van der Waals surface area contributed by atoms with Gasteiger partial charge in [-0.2, -0.15) is 0 Å². The Labute approximate surface area is 113 Å². The lowest BCUT2D eigenvalue weighted by molar-refractivity contribution is -0.153. The van der Waals surface area contributed by atoms with Crippen LogP contribution in [0.5, 0.6) is 0 Å². The molecule has 2 saturated carbocycles. The number of esters is 1. The van der Waals surface area contributed by atoms with Gasteiger partial charge in [-0.3, -0.25) is 4.79 Å². The van der Waals surface area contributed by atoms with E-state index in [4.69, 9.17) is 14.2 Å². The lowest BCUT2D eigenvalue weighted by atomic mass is 9.80. The second-order valence-electron chi connectivity index (χ2n) is 6.84. The van der Waals surface area contributed by atoms with E-state index in [-0.39, 0.29) is 23.5 Å². The largest absolute Gasteiger partial charge is 0.465 e. The Balaban J connectivity index is 1.30. The Morgan fingerprint density at radius 3 is 2.58 bits per heavy atom. The minimum atomic E-state index is -0.381. The van der Waals surface area contributed by atoms with Gasteiger partial charge in [0, 0.05) is 12.8 Å². The summed E-state index contributed by atoms with van der Waals surface area (Å²) in [7, 11) is 0. The van der Waals surface area contributed by atoms with Crippen molar-refractivity contribution in [3.05, 3.63) is 0 Å². The number of rotatable bonds is 3. The first-order chi connectivity index (χ1) is 9.14. The van der Waals surface area contributed by atoms with Crippen molar-refractivity contribution in [2.75, 3.05) is 6.61 Å². The van der Waals surface area contributed by atoms with Crippen molar-refractivity contribution in [1.82, 2.24) is 0 Å². The van der Waals surface area contributed by atoms with E-state index in [2.05, 4.69) is 6.92 Å². The molecule has 2 saturated heterocycles. The first-order valence-corrected chi connectivity index (χ1v) is 7.71. The minimum Gasteiger partial charge on any atom is -0.465 e. The molecule has 2 heterocycles. The second kappa shape index (κ2) is 3.95. The maximum atomic E-state index is 12.2. The normalized spacial score (nSPS) is 48.1. The zero-order valence-electron chi connectivity index (χ0n) is 11.5. The van der Waals surface area contributed by atoms with E-state index in [1.54, 1.807) is 0 Å². The molecule has 0 spiro atoms. The molecule has 4 nitrogen and oxygen atoms in total. The highest BCUT2D eigenvalue weighted by atomic mass is 17.0. The summed E-state index contributed by atoms with van der Waals surface area (Å²) in [5, 5.41) is 0. The molecule has 2 unspecified atom stereocenters. The van der Waals surface area contributed by atoms with E-state index in [9.17, 15) is 4.79 Å². The van der Waals surface area contributed by atoms with Gasteiger partial charge < -0.3 is 14.2 Å². The van der Waals surface area contributed by atoms with Crippen molar-refractivity contribution in [1.29, 1.82) is 0 Å². The zero-order chi connectivity index (χ0) is 13.1. The molecule has 0 aromatic rings. The van der Waals surface area contributed by atoms with Crippen molar-refractivity contribution in [2.45, 2.75) is 63.4 Å². The summed E-state index contributed by atoms with van der Waals surface area (Å²) in [6.45, 7) is 2.72. The molecule has 19 heavy (non-hydrogen) atoms. The van der Waals surface area contributed by atoms with Crippen LogP contribution in [-0.4, -0.2) is 24.2 Å². The van der Waals surface area contributed by atoms with E-state index in [0.29, 0.717) is 24.9 Å². The third-order valence-corrected chi connectivity index (χ3v) is 5.41. The molecule has 2 aliphatic heterocycles. The van der Waals surface area contributed by atoms with Crippen LogP contribution in [0, 0.1) is 17.8 Å². The fourth-order valence-electron chi connectivity index (χ4n) is 4.00. The van der Waals surface area contributed by atoms with E-state index in [1.165, 1.54) is 32.1 Å². The van der Waals surface area contributed by atoms with Gasteiger partial charge in [0.25, 0.3) is 0 Å². The summed E-state index contributed by atoms with van der Waals surface area (Å²) in [5.41, 5.74) is 0. The molecule has 2 aliphatic carbocycles. The van der Waals surface area contributed by atoms with Gasteiger partial charge in [-0.1, -0.05) is 26.2 Å². The molecule has 106 valence electrons. The third-order valence-electron chi connectivity index (χ3n) is 5.41. The van der Waals surface area contributed by atoms with Gasteiger partial charge in [0.1, 0.15) is 0 Å². The Hall–Kier alpha value is -0.610. The number of hydrogen-bond acceptors (Lipinski definition) is 4. The standard InChI is InChI=1S/C15H22O4/c1-10-7-14-15(18-14,19-14)8-12(10)13(16)17-9-11-5-3-2-4-6-11/h10-12H,2-9H2,1H3. The van der Waals surface area contributed by atoms with Crippen LogP contribution < -0.4 is 0 Å². The van der Waals surface area contributed by atoms with Crippen LogP contribution in [0.2, 0.25) is 0 Å². The molecule has 0 radical (unpaired) electrons. The molecule has 0 aromatic carbocycles. The van der Waals surface area contributed by atoms with Crippen LogP contribution in [0.3, 0.4) is 0 Å². The van der Waals surface area contributed by atoms with E-state index < -0.39 is 0 Å². The van der Waals surface area contributed by atoms with Gasteiger partial charge >= 0.3 is 5.97 Å². The summed E-state index contributed by atoms with van der Waals surface area (Å²) in [6, 6.07) is 0. The Morgan fingerprint density at radius 2 is 1.84 bits per heavy atom. The summed E-state index contributed by atoms with van der Waals surface area (Å²) in [5.74, 6) is 0.148. The Bertz CT molecular complexity index is 393. The van der Waals surface area contributed by atoms with Crippen LogP contribution in [0.25, 0.3) is 0 Å². The summed E-state index contributed by atoms with van der Waals surface area (Å²) >= 11 is 0. The lowest BCUT2D eigenvalue weighted by Crippen LogP contribution is -2.31. The highest BCUT2D eigenvalue weighted by Gasteiger charge is 2.92. The molecule has 0 amide bonds. The van der Waals surface area contributed by atoms with Gasteiger partial charge in [-0.15, -0.1) is 0 Å². The number of hydrogen-bond donors (Lipinski definition) is 0. The van der Waals surface area contributed by atoms with Crippen molar-refractivity contribution in [3.8, 4) is 0 Å². The van der Waals surface area contributed by atoms with Gasteiger partial charge in [0.15, 0.2) is 0 Å². The fourth-order valence-corrected chi connectivity index (χ4v) is 4.00. The SMILES string of the molecule is CC1CC23OC2(CC1C(=O)OCC1CCCCC1)O3. The number of epoxide rings is 2. The van der Waals surface area contributed by atoms with E-state index in [1.807, 2.05) is 0 Å². The fraction of sp³-hybridized carbons (Fsp3) is 0.933. The zero-order valence-corrected chi connectivity index (χ0v) is 11.5. The molecule has 4 rings (SSSR count). The van der Waals surface area contributed by atoms with Crippen LogP contribution in [0.4, 0.5) is 0 Å². The second-order valence-corrected chi connectivity index (χ2v) is 6.84. The average Bonchev–Trinajstić information content (AvgIpc) is 3.22. The topological polar surface area (TPSA) is 51.4 Å². The molecule has 4 heteroatoms. The van der Waals surface area contributed by atoms with Gasteiger partial charge in [0.2, 0.25) is 11.6 Å². The number of ether oxygens (including phenoxy) is 3. The van der Waals surface area contributed by atoms with Crippen LogP contribution in [0.15, 0.2) is 0 Å². The highest BCUT2D eigenvalue weighted by Crippen LogP contribution is 2.75. The number of carbonyl (C=O) groups is 1. The van der Waals surface area contributed by atoms with Crippen molar-refractivity contribution < 1.29 is 19.0 Å².